The van der Waals surface area contributed by atoms with Crippen LogP contribution in [0.2, 0.25) is 0 Å². The molecule has 1 aliphatic heterocycles. The van der Waals surface area contributed by atoms with Crippen LogP contribution < -0.4 is 20.9 Å². The van der Waals surface area contributed by atoms with Gasteiger partial charge in [0.25, 0.3) is 5.91 Å². The van der Waals surface area contributed by atoms with Crippen LogP contribution in [0.25, 0.3) is 0 Å². The monoisotopic (exact) mass is 414 g/mol. The van der Waals surface area contributed by atoms with Crippen molar-refractivity contribution in [2.24, 2.45) is 0 Å². The molecule has 0 atom stereocenters. The third-order valence-electron chi connectivity index (χ3n) is 5.57. The van der Waals surface area contributed by atoms with Crippen LogP contribution in [0.5, 0.6) is 0 Å². The molecule has 6 heteroatoms. The van der Waals surface area contributed by atoms with Crippen molar-refractivity contribution in [3.63, 3.8) is 0 Å². The number of amides is 2. The first-order valence-corrected chi connectivity index (χ1v) is 10.4. The maximum atomic E-state index is 13.0. The molecule has 3 aromatic rings. The molecule has 0 unspecified atom stereocenters. The van der Waals surface area contributed by atoms with Gasteiger partial charge in [0, 0.05) is 30.2 Å². The highest BCUT2D eigenvalue weighted by atomic mass is 16.2. The zero-order valence-electron chi connectivity index (χ0n) is 17.7. The van der Waals surface area contributed by atoms with E-state index in [0.29, 0.717) is 24.3 Å². The molecule has 3 aromatic carbocycles. The molecule has 0 aliphatic carbocycles. The molecule has 1 aliphatic rings. The molecule has 0 spiro atoms. The van der Waals surface area contributed by atoms with Gasteiger partial charge in [-0.25, -0.2) is 0 Å². The molecule has 158 valence electrons. The molecular formula is C25H26N4O2. The van der Waals surface area contributed by atoms with Gasteiger partial charge in [-0.2, -0.15) is 0 Å². The zero-order chi connectivity index (χ0) is 21.8. The van der Waals surface area contributed by atoms with E-state index in [1.54, 1.807) is 0 Å². The average molecular weight is 415 g/mol. The lowest BCUT2D eigenvalue weighted by Crippen LogP contribution is -2.47. The second-order valence-corrected chi connectivity index (χ2v) is 7.69. The Balaban J connectivity index is 1.49. The van der Waals surface area contributed by atoms with E-state index in [2.05, 4.69) is 35.9 Å². The summed E-state index contributed by atoms with van der Waals surface area (Å²) in [6.07, 6.45) is 0. The van der Waals surface area contributed by atoms with E-state index < -0.39 is 0 Å². The van der Waals surface area contributed by atoms with Gasteiger partial charge in [0.2, 0.25) is 5.91 Å². The van der Waals surface area contributed by atoms with Crippen molar-refractivity contribution in [3.8, 4) is 0 Å². The van der Waals surface area contributed by atoms with E-state index in [-0.39, 0.29) is 11.8 Å². The van der Waals surface area contributed by atoms with E-state index in [9.17, 15) is 9.59 Å². The lowest BCUT2D eigenvalue weighted by Gasteiger charge is -2.28. The van der Waals surface area contributed by atoms with Gasteiger partial charge in [-0.3, -0.25) is 9.59 Å². The fraction of sp³-hybridized carbons (Fsp3) is 0.200. The number of hydrogen-bond acceptors (Lipinski definition) is 4. The fourth-order valence-corrected chi connectivity index (χ4v) is 3.63. The lowest BCUT2D eigenvalue weighted by molar-refractivity contribution is -0.120. The number of rotatable bonds is 5. The number of anilines is 4. The van der Waals surface area contributed by atoms with Crippen LogP contribution in [0, 0.1) is 13.8 Å². The third-order valence-corrected chi connectivity index (χ3v) is 5.57. The van der Waals surface area contributed by atoms with Gasteiger partial charge < -0.3 is 20.9 Å². The van der Waals surface area contributed by atoms with Gasteiger partial charge in [-0.1, -0.05) is 24.3 Å². The largest absolute Gasteiger partial charge is 0.360 e. The minimum atomic E-state index is -0.182. The summed E-state index contributed by atoms with van der Waals surface area (Å²) in [5.41, 5.74) is 6.32. The second kappa shape index (κ2) is 8.92. The zero-order valence-corrected chi connectivity index (χ0v) is 17.7. The molecular weight excluding hydrogens is 388 g/mol. The molecule has 4 rings (SSSR count). The first kappa shape index (κ1) is 20.5. The van der Waals surface area contributed by atoms with Crippen LogP contribution in [0.3, 0.4) is 0 Å². The average Bonchev–Trinajstić information content (AvgIpc) is 2.78. The molecule has 6 nitrogen and oxygen atoms in total. The molecule has 31 heavy (non-hydrogen) atoms. The summed E-state index contributed by atoms with van der Waals surface area (Å²) in [4.78, 5) is 26.6. The summed E-state index contributed by atoms with van der Waals surface area (Å²) in [5.74, 6) is -0.157. The van der Waals surface area contributed by atoms with Gasteiger partial charge in [0.05, 0.1) is 17.8 Å². The van der Waals surface area contributed by atoms with Crippen molar-refractivity contribution < 1.29 is 9.59 Å². The number of carbonyl (C=O) groups is 2. The summed E-state index contributed by atoms with van der Waals surface area (Å²) >= 11 is 0. The Hall–Kier alpha value is -3.80. The van der Waals surface area contributed by atoms with Crippen molar-refractivity contribution in [2.45, 2.75) is 13.8 Å². The van der Waals surface area contributed by atoms with Gasteiger partial charge >= 0.3 is 0 Å². The Morgan fingerprint density at radius 3 is 2.45 bits per heavy atom. The number of aryl methyl sites for hydroxylation is 1. The fourth-order valence-electron chi connectivity index (χ4n) is 3.63. The maximum absolute atomic E-state index is 13.0. The second-order valence-electron chi connectivity index (χ2n) is 7.69. The quantitative estimate of drug-likeness (QED) is 0.584. The van der Waals surface area contributed by atoms with Crippen molar-refractivity contribution in [1.82, 2.24) is 5.32 Å². The predicted octanol–water partition coefficient (Wildman–Crippen LogP) is 4.24. The number of nitrogens with zero attached hydrogens (tertiary/aromatic N) is 1. The number of carbonyl (C=O) groups excluding carboxylic acids is 2. The number of piperazine rings is 1. The van der Waals surface area contributed by atoms with Gasteiger partial charge in [-0.15, -0.1) is 0 Å². The van der Waals surface area contributed by atoms with E-state index in [1.165, 1.54) is 5.56 Å². The molecule has 0 bridgehead atoms. The molecule has 1 fully saturated rings. The summed E-state index contributed by atoms with van der Waals surface area (Å²) in [7, 11) is 0. The van der Waals surface area contributed by atoms with Crippen LogP contribution in [0.1, 0.15) is 21.5 Å². The topological polar surface area (TPSA) is 73.5 Å². The van der Waals surface area contributed by atoms with Crippen LogP contribution in [-0.2, 0) is 4.79 Å². The summed E-state index contributed by atoms with van der Waals surface area (Å²) < 4.78 is 0. The van der Waals surface area contributed by atoms with Crippen molar-refractivity contribution in [2.75, 3.05) is 35.2 Å². The molecule has 0 aromatic heterocycles. The van der Waals surface area contributed by atoms with Gasteiger partial charge in [0.1, 0.15) is 0 Å². The van der Waals surface area contributed by atoms with Crippen LogP contribution in [0.15, 0.2) is 66.7 Å². The van der Waals surface area contributed by atoms with Crippen LogP contribution in [0.4, 0.5) is 22.7 Å². The Labute approximate surface area is 182 Å². The Kier molecular flexibility index (Phi) is 5.89. The molecule has 3 N–H and O–H groups in total. The van der Waals surface area contributed by atoms with Gasteiger partial charge in [-0.05, 0) is 67.4 Å². The minimum Gasteiger partial charge on any atom is -0.360 e. The number of nitrogens with one attached hydrogen (secondary N) is 3. The maximum Gasteiger partial charge on any atom is 0.257 e. The van der Waals surface area contributed by atoms with E-state index in [1.807, 2.05) is 65.6 Å². The first-order chi connectivity index (χ1) is 15.0. The highest BCUT2D eigenvalue weighted by Gasteiger charge is 2.17. The minimum absolute atomic E-state index is 0.0246. The van der Waals surface area contributed by atoms with E-state index in [0.717, 1.165) is 29.2 Å². The highest BCUT2D eigenvalue weighted by molar-refractivity contribution is 6.08. The van der Waals surface area contributed by atoms with E-state index >= 15 is 0 Å². The van der Waals surface area contributed by atoms with Crippen LogP contribution >= 0.6 is 0 Å². The molecule has 0 radical (unpaired) electrons. The standard InChI is InChI=1S/C25H26N4O2/c1-17-6-5-9-22(18(17)2)28-23-8-4-3-7-21(23)25(31)27-19-10-12-20(13-11-19)29-15-14-26-24(30)16-29/h3-13,28H,14-16H2,1-2H3,(H,26,30)(H,27,31). The Morgan fingerprint density at radius 2 is 1.68 bits per heavy atom. The molecule has 1 saturated heterocycles. The predicted molar refractivity (Wildman–Crippen MR) is 125 cm³/mol. The van der Waals surface area contributed by atoms with Crippen LogP contribution in [-0.4, -0.2) is 31.4 Å². The van der Waals surface area contributed by atoms with Crippen molar-refractivity contribution in [1.29, 1.82) is 0 Å². The molecule has 2 amide bonds. The molecule has 0 saturated carbocycles. The first-order valence-electron chi connectivity index (χ1n) is 10.4. The normalized spacial score (nSPS) is 13.5. The Morgan fingerprint density at radius 1 is 0.935 bits per heavy atom. The van der Waals surface area contributed by atoms with Crippen molar-refractivity contribution >= 4 is 34.6 Å². The van der Waals surface area contributed by atoms with Gasteiger partial charge in [0.15, 0.2) is 0 Å². The summed E-state index contributed by atoms with van der Waals surface area (Å²) in [6.45, 7) is 5.90. The number of para-hydroxylation sites is 1. The SMILES string of the molecule is Cc1cccc(Nc2ccccc2C(=O)Nc2ccc(N3CCNC(=O)C3)cc2)c1C. The lowest BCUT2D eigenvalue weighted by atomic mass is 10.1. The highest BCUT2D eigenvalue weighted by Crippen LogP contribution is 2.26. The molecule has 1 heterocycles. The van der Waals surface area contributed by atoms with E-state index in [4.69, 9.17) is 0 Å². The smallest absolute Gasteiger partial charge is 0.257 e. The summed E-state index contributed by atoms with van der Waals surface area (Å²) in [5, 5.41) is 9.19. The Bertz CT molecular complexity index is 1110. The van der Waals surface area contributed by atoms with Crippen molar-refractivity contribution in [3.05, 3.63) is 83.4 Å². The number of hydrogen-bond donors (Lipinski definition) is 3. The summed E-state index contributed by atoms with van der Waals surface area (Å²) in [6, 6.07) is 21.1. The third kappa shape index (κ3) is 4.69. The number of benzene rings is 3.